The summed E-state index contributed by atoms with van der Waals surface area (Å²) >= 11 is 1.38. The molecule has 0 bridgehead atoms. The molecule has 0 aliphatic heterocycles. The Hall–Kier alpha value is -3.45. The highest BCUT2D eigenvalue weighted by molar-refractivity contribution is 7.12. The predicted molar refractivity (Wildman–Crippen MR) is 113 cm³/mol. The fraction of sp³-hybridized carbons (Fsp3) is 0.136. The number of carbonyl (C=O) groups excluding carboxylic acids is 3. The smallest absolute Gasteiger partial charge is 0.261 e. The number of carbonyl (C=O) groups is 3. The molecule has 1 heterocycles. The monoisotopic (exact) mass is 407 g/mol. The van der Waals surface area contributed by atoms with Gasteiger partial charge in [0, 0.05) is 18.5 Å². The minimum Gasteiger partial charge on any atom is -0.368 e. The second-order valence-electron chi connectivity index (χ2n) is 6.48. The van der Waals surface area contributed by atoms with Crippen LogP contribution in [0.3, 0.4) is 0 Å². The maximum absolute atomic E-state index is 12.5. The maximum atomic E-state index is 12.5. The third-order valence-corrected chi connectivity index (χ3v) is 5.21. The van der Waals surface area contributed by atoms with Crippen molar-refractivity contribution in [1.29, 1.82) is 0 Å². The van der Waals surface area contributed by atoms with E-state index in [9.17, 15) is 14.4 Å². The molecule has 4 N–H and O–H groups in total. The van der Waals surface area contributed by atoms with E-state index in [0.29, 0.717) is 23.4 Å². The normalized spacial score (nSPS) is 11.4. The van der Waals surface area contributed by atoms with E-state index in [1.54, 1.807) is 30.3 Å². The quantitative estimate of drug-likeness (QED) is 0.535. The van der Waals surface area contributed by atoms with Crippen molar-refractivity contribution in [3.05, 3.63) is 93.7 Å². The fourth-order valence-corrected chi connectivity index (χ4v) is 3.41. The molecule has 2 aromatic carbocycles. The van der Waals surface area contributed by atoms with Crippen LogP contribution in [0.25, 0.3) is 0 Å². The van der Waals surface area contributed by atoms with Gasteiger partial charge < -0.3 is 16.4 Å². The molecule has 0 spiro atoms. The molecule has 3 amide bonds. The van der Waals surface area contributed by atoms with E-state index in [-0.39, 0.29) is 11.8 Å². The summed E-state index contributed by atoms with van der Waals surface area (Å²) in [5.74, 6) is -1.10. The van der Waals surface area contributed by atoms with E-state index < -0.39 is 11.9 Å². The van der Waals surface area contributed by atoms with Gasteiger partial charge in [-0.25, -0.2) is 0 Å². The summed E-state index contributed by atoms with van der Waals surface area (Å²) in [5.41, 5.74) is 7.64. The van der Waals surface area contributed by atoms with Crippen LogP contribution in [0.5, 0.6) is 0 Å². The summed E-state index contributed by atoms with van der Waals surface area (Å²) in [5, 5.41) is 7.37. The molecule has 7 heteroatoms. The van der Waals surface area contributed by atoms with Crippen LogP contribution in [0.4, 0.5) is 0 Å². The Balaban J connectivity index is 1.57. The zero-order valence-electron chi connectivity index (χ0n) is 15.6. The summed E-state index contributed by atoms with van der Waals surface area (Å²) in [7, 11) is 0. The zero-order valence-corrected chi connectivity index (χ0v) is 16.4. The summed E-state index contributed by atoms with van der Waals surface area (Å²) in [6.07, 6.45) is 0.328. The maximum Gasteiger partial charge on any atom is 0.261 e. The van der Waals surface area contributed by atoms with Crippen molar-refractivity contribution >= 4 is 29.1 Å². The third-order valence-electron chi connectivity index (χ3n) is 4.35. The number of benzene rings is 2. The lowest BCUT2D eigenvalue weighted by Crippen LogP contribution is -2.45. The van der Waals surface area contributed by atoms with Gasteiger partial charge in [-0.15, -0.1) is 11.3 Å². The van der Waals surface area contributed by atoms with Gasteiger partial charge >= 0.3 is 0 Å². The molecule has 1 unspecified atom stereocenters. The minimum atomic E-state index is -0.797. The number of hydrogen-bond acceptors (Lipinski definition) is 4. The Morgan fingerprint density at radius 2 is 1.59 bits per heavy atom. The van der Waals surface area contributed by atoms with Crippen molar-refractivity contribution in [2.45, 2.75) is 19.0 Å². The Morgan fingerprint density at radius 3 is 2.21 bits per heavy atom. The molecule has 3 rings (SSSR count). The van der Waals surface area contributed by atoms with Crippen LogP contribution >= 0.6 is 11.3 Å². The first-order valence-electron chi connectivity index (χ1n) is 9.07. The number of thiophene rings is 1. The van der Waals surface area contributed by atoms with Crippen molar-refractivity contribution in [3.63, 3.8) is 0 Å². The molecule has 3 aromatic rings. The molecule has 6 nitrogen and oxygen atoms in total. The minimum absolute atomic E-state index is 0.132. The topological polar surface area (TPSA) is 101 Å². The van der Waals surface area contributed by atoms with Crippen LogP contribution in [0.2, 0.25) is 0 Å². The van der Waals surface area contributed by atoms with Gasteiger partial charge in [-0.3, -0.25) is 14.4 Å². The third kappa shape index (κ3) is 5.76. The molecule has 29 heavy (non-hydrogen) atoms. The molecule has 0 saturated heterocycles. The van der Waals surface area contributed by atoms with Gasteiger partial charge in [0.2, 0.25) is 5.91 Å². The average molecular weight is 407 g/mol. The van der Waals surface area contributed by atoms with E-state index in [1.165, 1.54) is 11.3 Å². The van der Waals surface area contributed by atoms with E-state index in [4.69, 9.17) is 5.73 Å². The molecular weight excluding hydrogens is 386 g/mol. The van der Waals surface area contributed by atoms with E-state index in [2.05, 4.69) is 10.6 Å². The van der Waals surface area contributed by atoms with Crippen LogP contribution < -0.4 is 16.4 Å². The fourth-order valence-electron chi connectivity index (χ4n) is 2.77. The largest absolute Gasteiger partial charge is 0.368 e. The van der Waals surface area contributed by atoms with Gasteiger partial charge in [0.25, 0.3) is 11.8 Å². The highest BCUT2D eigenvalue weighted by Gasteiger charge is 2.19. The van der Waals surface area contributed by atoms with Crippen molar-refractivity contribution < 1.29 is 14.4 Å². The molecule has 1 aromatic heterocycles. The molecule has 148 valence electrons. The lowest BCUT2D eigenvalue weighted by atomic mass is 10.0. The van der Waals surface area contributed by atoms with E-state index >= 15 is 0 Å². The SMILES string of the molecule is NC(=O)C(Cc1ccccc1)NC(=O)c1ccc(CNC(=O)c2cccs2)cc1. The van der Waals surface area contributed by atoms with Crippen LogP contribution in [0, 0.1) is 0 Å². The van der Waals surface area contributed by atoms with Gasteiger partial charge in [0.15, 0.2) is 0 Å². The molecule has 0 aliphatic carbocycles. The van der Waals surface area contributed by atoms with Crippen LogP contribution in [-0.2, 0) is 17.8 Å². The Morgan fingerprint density at radius 1 is 0.862 bits per heavy atom. The Bertz CT molecular complexity index is 970. The highest BCUT2D eigenvalue weighted by atomic mass is 32.1. The van der Waals surface area contributed by atoms with Gasteiger partial charge in [-0.2, -0.15) is 0 Å². The first-order valence-corrected chi connectivity index (χ1v) is 9.95. The number of nitrogens with two attached hydrogens (primary N) is 1. The summed E-state index contributed by atoms with van der Waals surface area (Å²) in [4.78, 5) is 36.9. The van der Waals surface area contributed by atoms with Crippen molar-refractivity contribution in [1.82, 2.24) is 10.6 Å². The number of primary amides is 1. The second kappa shape index (κ2) is 9.66. The lowest BCUT2D eigenvalue weighted by Gasteiger charge is -2.16. The number of hydrogen-bond donors (Lipinski definition) is 3. The van der Waals surface area contributed by atoms with Gasteiger partial charge in [0.05, 0.1) is 4.88 Å². The standard InChI is InChI=1S/C22H21N3O3S/c23-20(26)18(13-15-5-2-1-3-6-15)25-21(27)17-10-8-16(9-11-17)14-24-22(28)19-7-4-12-29-19/h1-12,18H,13-14H2,(H2,23,26)(H,24,28)(H,25,27). The first-order chi connectivity index (χ1) is 14.0. The molecule has 0 saturated carbocycles. The molecule has 1 atom stereocenters. The number of nitrogens with one attached hydrogen (secondary N) is 2. The molecule has 0 fully saturated rings. The Labute approximate surface area is 172 Å². The van der Waals surface area contributed by atoms with Crippen molar-refractivity contribution in [2.75, 3.05) is 0 Å². The van der Waals surface area contributed by atoms with Crippen LogP contribution in [-0.4, -0.2) is 23.8 Å². The van der Waals surface area contributed by atoms with E-state index in [0.717, 1.165) is 11.1 Å². The average Bonchev–Trinajstić information content (AvgIpc) is 3.27. The van der Waals surface area contributed by atoms with Gasteiger partial charge in [-0.1, -0.05) is 48.5 Å². The summed E-state index contributed by atoms with van der Waals surface area (Å²) in [6.45, 7) is 0.358. The number of rotatable bonds is 8. The summed E-state index contributed by atoms with van der Waals surface area (Å²) < 4.78 is 0. The Kier molecular flexibility index (Phi) is 6.76. The van der Waals surface area contributed by atoms with Crippen LogP contribution in [0.1, 0.15) is 31.2 Å². The highest BCUT2D eigenvalue weighted by Crippen LogP contribution is 2.10. The van der Waals surface area contributed by atoms with Crippen LogP contribution in [0.15, 0.2) is 72.1 Å². The van der Waals surface area contributed by atoms with Gasteiger partial charge in [-0.05, 0) is 34.7 Å². The lowest BCUT2D eigenvalue weighted by molar-refractivity contribution is -0.119. The zero-order chi connectivity index (χ0) is 20.6. The van der Waals surface area contributed by atoms with E-state index in [1.807, 2.05) is 41.8 Å². The van der Waals surface area contributed by atoms with Gasteiger partial charge in [0.1, 0.15) is 6.04 Å². The molecule has 0 radical (unpaired) electrons. The second-order valence-corrected chi connectivity index (χ2v) is 7.42. The summed E-state index contributed by atoms with van der Waals surface area (Å²) in [6, 6.07) is 19.0. The molecular formula is C22H21N3O3S. The number of amides is 3. The molecule has 0 aliphatic rings. The van der Waals surface area contributed by atoms with Crippen molar-refractivity contribution in [3.8, 4) is 0 Å². The van der Waals surface area contributed by atoms with Crippen molar-refractivity contribution in [2.24, 2.45) is 5.73 Å². The first kappa shape index (κ1) is 20.3. The predicted octanol–water partition coefficient (Wildman–Crippen LogP) is 2.50.